The van der Waals surface area contributed by atoms with Crippen molar-refractivity contribution in [1.29, 1.82) is 0 Å². The standard InChI is InChI=1S/C10H24N2O/c1-9(6-7-13-5)10(11-2)8-12(3)4/h9-11H,6-8H2,1-5H3. The summed E-state index contributed by atoms with van der Waals surface area (Å²) in [7, 11) is 7.99. The topological polar surface area (TPSA) is 24.5 Å². The number of hydrogen-bond acceptors (Lipinski definition) is 3. The van der Waals surface area contributed by atoms with E-state index in [1.54, 1.807) is 7.11 Å². The molecule has 0 bridgehead atoms. The molecule has 0 amide bonds. The molecule has 2 unspecified atom stereocenters. The van der Waals surface area contributed by atoms with Crippen molar-refractivity contribution in [3.05, 3.63) is 0 Å². The SMILES string of the molecule is CNC(CN(C)C)C(C)CCOC. The minimum atomic E-state index is 0.560. The first-order chi connectivity index (χ1) is 6.11. The molecule has 0 aliphatic heterocycles. The molecule has 0 aliphatic carbocycles. The van der Waals surface area contributed by atoms with Gasteiger partial charge in [0, 0.05) is 26.3 Å². The molecule has 0 radical (unpaired) electrons. The van der Waals surface area contributed by atoms with Gasteiger partial charge in [0.05, 0.1) is 0 Å². The number of likely N-dealkylation sites (N-methyl/N-ethyl adjacent to an activating group) is 2. The molecule has 0 aromatic heterocycles. The zero-order valence-electron chi connectivity index (χ0n) is 9.63. The van der Waals surface area contributed by atoms with E-state index in [0.717, 1.165) is 19.6 Å². The van der Waals surface area contributed by atoms with Crippen LogP contribution in [-0.2, 0) is 4.74 Å². The van der Waals surface area contributed by atoms with Crippen LogP contribution < -0.4 is 5.32 Å². The van der Waals surface area contributed by atoms with Crippen LogP contribution in [-0.4, -0.2) is 52.3 Å². The second kappa shape index (κ2) is 7.30. The molecule has 0 aromatic rings. The Labute approximate surface area is 82.4 Å². The van der Waals surface area contributed by atoms with Crippen molar-refractivity contribution < 1.29 is 4.74 Å². The molecule has 3 heteroatoms. The number of rotatable bonds is 7. The van der Waals surface area contributed by atoms with Gasteiger partial charge in [-0.05, 0) is 33.5 Å². The Morgan fingerprint density at radius 1 is 1.38 bits per heavy atom. The van der Waals surface area contributed by atoms with Crippen LogP contribution in [0.3, 0.4) is 0 Å². The minimum absolute atomic E-state index is 0.560. The van der Waals surface area contributed by atoms with E-state index in [0.29, 0.717) is 12.0 Å². The maximum absolute atomic E-state index is 5.07. The summed E-state index contributed by atoms with van der Waals surface area (Å²) in [6.45, 7) is 4.21. The number of ether oxygens (including phenoxy) is 1. The third-order valence-electron chi connectivity index (χ3n) is 2.40. The molecule has 0 heterocycles. The van der Waals surface area contributed by atoms with Gasteiger partial charge in [-0.3, -0.25) is 0 Å². The summed E-state index contributed by atoms with van der Waals surface area (Å²) in [4.78, 5) is 2.21. The summed E-state index contributed by atoms with van der Waals surface area (Å²) >= 11 is 0. The highest BCUT2D eigenvalue weighted by Crippen LogP contribution is 2.08. The number of nitrogens with one attached hydrogen (secondary N) is 1. The van der Waals surface area contributed by atoms with E-state index in [1.165, 1.54) is 0 Å². The first-order valence-corrected chi connectivity index (χ1v) is 4.92. The molecular formula is C10H24N2O. The molecule has 13 heavy (non-hydrogen) atoms. The van der Waals surface area contributed by atoms with Gasteiger partial charge in [0.15, 0.2) is 0 Å². The molecular weight excluding hydrogens is 164 g/mol. The van der Waals surface area contributed by atoms with Crippen LogP contribution in [0.2, 0.25) is 0 Å². The third-order valence-corrected chi connectivity index (χ3v) is 2.40. The van der Waals surface area contributed by atoms with E-state index >= 15 is 0 Å². The van der Waals surface area contributed by atoms with Crippen LogP contribution in [0.1, 0.15) is 13.3 Å². The van der Waals surface area contributed by atoms with Crippen molar-refractivity contribution in [2.75, 3.05) is 41.4 Å². The lowest BCUT2D eigenvalue weighted by Crippen LogP contribution is -2.41. The highest BCUT2D eigenvalue weighted by Gasteiger charge is 2.15. The Morgan fingerprint density at radius 3 is 2.38 bits per heavy atom. The monoisotopic (exact) mass is 188 g/mol. The van der Waals surface area contributed by atoms with Crippen LogP contribution in [0.25, 0.3) is 0 Å². The molecule has 1 N–H and O–H groups in total. The Kier molecular flexibility index (Phi) is 7.23. The van der Waals surface area contributed by atoms with Gasteiger partial charge in [-0.25, -0.2) is 0 Å². The highest BCUT2D eigenvalue weighted by atomic mass is 16.5. The van der Waals surface area contributed by atoms with Gasteiger partial charge in [0.1, 0.15) is 0 Å². The highest BCUT2D eigenvalue weighted by molar-refractivity contribution is 4.73. The van der Waals surface area contributed by atoms with Crippen molar-refractivity contribution in [3.8, 4) is 0 Å². The van der Waals surface area contributed by atoms with E-state index in [-0.39, 0.29) is 0 Å². The van der Waals surface area contributed by atoms with E-state index in [2.05, 4.69) is 31.2 Å². The van der Waals surface area contributed by atoms with E-state index < -0.39 is 0 Å². The Balaban J connectivity index is 3.77. The second-order valence-electron chi connectivity index (χ2n) is 3.92. The van der Waals surface area contributed by atoms with Gasteiger partial charge in [-0.1, -0.05) is 6.92 Å². The minimum Gasteiger partial charge on any atom is -0.385 e. The molecule has 0 aromatic carbocycles. The first-order valence-electron chi connectivity index (χ1n) is 4.92. The van der Waals surface area contributed by atoms with Gasteiger partial charge >= 0.3 is 0 Å². The molecule has 3 nitrogen and oxygen atoms in total. The van der Waals surface area contributed by atoms with Crippen LogP contribution in [0.4, 0.5) is 0 Å². The molecule has 2 atom stereocenters. The Morgan fingerprint density at radius 2 is 2.00 bits per heavy atom. The fraction of sp³-hybridized carbons (Fsp3) is 1.00. The summed E-state index contributed by atoms with van der Waals surface area (Å²) in [5.74, 6) is 0.660. The lowest BCUT2D eigenvalue weighted by Gasteiger charge is -2.26. The number of methoxy groups -OCH3 is 1. The van der Waals surface area contributed by atoms with Crippen molar-refractivity contribution in [1.82, 2.24) is 10.2 Å². The average molecular weight is 188 g/mol. The molecule has 0 fully saturated rings. The van der Waals surface area contributed by atoms with Crippen molar-refractivity contribution >= 4 is 0 Å². The van der Waals surface area contributed by atoms with E-state index in [9.17, 15) is 0 Å². The largest absolute Gasteiger partial charge is 0.385 e. The second-order valence-corrected chi connectivity index (χ2v) is 3.92. The van der Waals surface area contributed by atoms with Crippen molar-refractivity contribution in [3.63, 3.8) is 0 Å². The smallest absolute Gasteiger partial charge is 0.0465 e. The normalized spacial score (nSPS) is 16.2. The number of hydrogen-bond donors (Lipinski definition) is 1. The summed E-state index contributed by atoms with van der Waals surface area (Å²) in [5.41, 5.74) is 0. The van der Waals surface area contributed by atoms with E-state index in [4.69, 9.17) is 4.74 Å². The van der Waals surface area contributed by atoms with Crippen LogP contribution in [0, 0.1) is 5.92 Å². The maximum Gasteiger partial charge on any atom is 0.0465 e. The predicted molar refractivity (Wildman–Crippen MR) is 57.1 cm³/mol. The van der Waals surface area contributed by atoms with Gasteiger partial charge in [-0.2, -0.15) is 0 Å². The quantitative estimate of drug-likeness (QED) is 0.640. The fourth-order valence-corrected chi connectivity index (χ4v) is 1.45. The molecule has 0 rings (SSSR count). The average Bonchev–Trinajstić information content (AvgIpc) is 2.09. The van der Waals surface area contributed by atoms with Crippen molar-refractivity contribution in [2.24, 2.45) is 5.92 Å². The van der Waals surface area contributed by atoms with Gasteiger partial charge < -0.3 is 15.0 Å². The summed E-state index contributed by atoms with van der Waals surface area (Å²) in [5, 5.41) is 3.34. The van der Waals surface area contributed by atoms with Gasteiger partial charge in [0.25, 0.3) is 0 Å². The van der Waals surface area contributed by atoms with Gasteiger partial charge in [0.2, 0.25) is 0 Å². The number of nitrogens with zero attached hydrogens (tertiary/aromatic N) is 1. The Hall–Kier alpha value is -0.120. The Bertz CT molecular complexity index is 117. The molecule has 0 saturated carbocycles. The molecule has 0 aliphatic rings. The zero-order chi connectivity index (χ0) is 10.3. The van der Waals surface area contributed by atoms with Crippen LogP contribution >= 0.6 is 0 Å². The third kappa shape index (κ3) is 6.02. The summed E-state index contributed by atoms with van der Waals surface area (Å²) in [6, 6.07) is 0.560. The first kappa shape index (κ1) is 12.9. The molecule has 0 spiro atoms. The lowest BCUT2D eigenvalue weighted by atomic mass is 9.98. The zero-order valence-corrected chi connectivity index (χ0v) is 9.63. The van der Waals surface area contributed by atoms with Crippen LogP contribution in [0.5, 0.6) is 0 Å². The van der Waals surface area contributed by atoms with Crippen molar-refractivity contribution in [2.45, 2.75) is 19.4 Å². The maximum atomic E-state index is 5.07. The van der Waals surface area contributed by atoms with Crippen LogP contribution in [0.15, 0.2) is 0 Å². The fourth-order valence-electron chi connectivity index (χ4n) is 1.45. The lowest BCUT2D eigenvalue weighted by molar-refractivity contribution is 0.165. The summed E-state index contributed by atoms with van der Waals surface area (Å²) in [6.07, 6.45) is 1.12. The van der Waals surface area contributed by atoms with Gasteiger partial charge in [-0.15, -0.1) is 0 Å². The predicted octanol–water partition coefficient (Wildman–Crippen LogP) is 0.809. The molecule has 0 saturated heterocycles. The summed E-state index contributed by atoms with van der Waals surface area (Å²) < 4.78 is 5.07. The molecule has 80 valence electrons. The van der Waals surface area contributed by atoms with E-state index in [1.807, 2.05) is 7.05 Å².